The number of anilines is 1. The molecule has 1 heterocycles. The number of fused-ring (bicyclic) bond motifs is 1. The molecule has 0 spiro atoms. The van der Waals surface area contributed by atoms with Gasteiger partial charge in [-0.25, -0.2) is 13.8 Å². The molecule has 0 saturated heterocycles. The van der Waals surface area contributed by atoms with Crippen molar-refractivity contribution >= 4 is 16.6 Å². The topological polar surface area (TPSA) is 34.1 Å². The quantitative estimate of drug-likeness (QED) is 0.889. The number of rotatable bonds is 4. The van der Waals surface area contributed by atoms with Gasteiger partial charge >= 0.3 is 0 Å². The summed E-state index contributed by atoms with van der Waals surface area (Å²) in [5, 5.41) is 4.32. The Balaban J connectivity index is 2.39. The molecule has 3 nitrogen and oxygen atoms in total. The number of benzene rings is 1. The maximum absolute atomic E-state index is 12.2. The van der Waals surface area contributed by atoms with Crippen LogP contribution in [0.4, 0.5) is 14.6 Å². The normalized spacial score (nSPS) is 10.8. The van der Waals surface area contributed by atoms with Gasteiger partial charge in [0.1, 0.15) is 11.6 Å². The van der Waals surface area contributed by atoms with E-state index in [9.17, 15) is 8.78 Å². The molecule has 0 aliphatic carbocycles. The minimum atomic E-state index is -2.40. The van der Waals surface area contributed by atoms with Crippen molar-refractivity contribution in [3.63, 3.8) is 0 Å². The summed E-state index contributed by atoms with van der Waals surface area (Å²) in [4.78, 5) is 4.05. The lowest BCUT2D eigenvalue weighted by molar-refractivity contribution is 0.163. The molecule has 1 aromatic heterocycles. The molecule has 0 atom stereocenters. The van der Waals surface area contributed by atoms with Gasteiger partial charge in [-0.1, -0.05) is 6.07 Å². The van der Waals surface area contributed by atoms with E-state index in [0.29, 0.717) is 11.6 Å². The Bertz CT molecular complexity index is 517. The van der Waals surface area contributed by atoms with Crippen molar-refractivity contribution in [1.82, 2.24) is 4.98 Å². The molecular weight excluding hydrogens is 226 g/mol. The molecule has 90 valence electrons. The lowest BCUT2D eigenvalue weighted by Gasteiger charge is -2.09. The van der Waals surface area contributed by atoms with Crippen LogP contribution in [0.1, 0.15) is 0 Å². The fourth-order valence-electron chi connectivity index (χ4n) is 1.59. The lowest BCUT2D eigenvalue weighted by atomic mass is 10.1. The van der Waals surface area contributed by atoms with Gasteiger partial charge in [-0.15, -0.1) is 0 Å². The van der Waals surface area contributed by atoms with Crippen molar-refractivity contribution in [3.8, 4) is 5.75 Å². The molecule has 1 N–H and O–H groups in total. The molecule has 5 heteroatoms. The zero-order chi connectivity index (χ0) is 12.3. The smallest absolute Gasteiger partial charge is 0.255 e. The summed E-state index contributed by atoms with van der Waals surface area (Å²) in [6, 6.07) is 7.28. The highest BCUT2D eigenvalue weighted by molar-refractivity contribution is 5.92. The second-order valence-electron chi connectivity index (χ2n) is 3.52. The van der Waals surface area contributed by atoms with Crippen LogP contribution in [0.3, 0.4) is 0 Å². The average Bonchev–Trinajstić information content (AvgIpc) is 2.35. The van der Waals surface area contributed by atoms with Crippen LogP contribution >= 0.6 is 0 Å². The zero-order valence-corrected chi connectivity index (χ0v) is 9.28. The summed E-state index contributed by atoms with van der Waals surface area (Å²) in [5.74, 6) is 1.12. The summed E-state index contributed by atoms with van der Waals surface area (Å²) in [5.41, 5.74) is 0. The number of hydrogen-bond donors (Lipinski definition) is 1. The summed E-state index contributed by atoms with van der Waals surface area (Å²) >= 11 is 0. The number of alkyl halides is 2. The van der Waals surface area contributed by atoms with Gasteiger partial charge in [0.25, 0.3) is 6.43 Å². The molecule has 0 aliphatic rings. The number of nitrogens with one attached hydrogen (secondary N) is 1. The third kappa shape index (κ3) is 2.61. The Morgan fingerprint density at radius 2 is 2.18 bits per heavy atom. The number of pyridine rings is 1. The molecule has 0 fully saturated rings. The Labute approximate surface area is 97.4 Å². The molecule has 0 bridgehead atoms. The predicted octanol–water partition coefficient (Wildman–Crippen LogP) is 2.92. The van der Waals surface area contributed by atoms with Gasteiger partial charge in [-0.3, -0.25) is 0 Å². The SMILES string of the molecule is COc1ccc2ccnc(NCC(F)F)c2c1. The van der Waals surface area contributed by atoms with E-state index < -0.39 is 13.0 Å². The van der Waals surface area contributed by atoms with Crippen LogP contribution in [0.5, 0.6) is 5.75 Å². The van der Waals surface area contributed by atoms with E-state index in [1.807, 2.05) is 18.2 Å². The average molecular weight is 238 g/mol. The molecule has 0 aliphatic heterocycles. The van der Waals surface area contributed by atoms with E-state index in [1.54, 1.807) is 19.4 Å². The van der Waals surface area contributed by atoms with Crippen LogP contribution < -0.4 is 10.1 Å². The van der Waals surface area contributed by atoms with Gasteiger partial charge in [0.15, 0.2) is 0 Å². The van der Waals surface area contributed by atoms with Gasteiger partial charge in [0.2, 0.25) is 0 Å². The third-order valence-corrected chi connectivity index (χ3v) is 2.40. The van der Waals surface area contributed by atoms with Crippen molar-refractivity contribution in [3.05, 3.63) is 30.5 Å². The summed E-state index contributed by atoms with van der Waals surface area (Å²) in [6.07, 6.45) is -0.819. The monoisotopic (exact) mass is 238 g/mol. The minimum Gasteiger partial charge on any atom is -0.497 e. The van der Waals surface area contributed by atoms with Crippen molar-refractivity contribution in [1.29, 1.82) is 0 Å². The molecule has 17 heavy (non-hydrogen) atoms. The van der Waals surface area contributed by atoms with E-state index in [1.165, 1.54) is 0 Å². The first-order chi connectivity index (χ1) is 8.20. The van der Waals surface area contributed by atoms with E-state index in [2.05, 4.69) is 10.3 Å². The Hall–Kier alpha value is -1.91. The molecule has 2 rings (SSSR count). The summed E-state index contributed by atoms with van der Waals surface area (Å²) in [6.45, 7) is -0.413. The van der Waals surface area contributed by atoms with Gasteiger partial charge in [0.05, 0.1) is 13.7 Å². The molecular formula is C12H12F2N2O. The number of methoxy groups -OCH3 is 1. The van der Waals surface area contributed by atoms with E-state index >= 15 is 0 Å². The van der Waals surface area contributed by atoms with E-state index in [-0.39, 0.29) is 0 Å². The first-order valence-electron chi connectivity index (χ1n) is 5.15. The van der Waals surface area contributed by atoms with Gasteiger partial charge in [-0.2, -0.15) is 0 Å². The van der Waals surface area contributed by atoms with Crippen molar-refractivity contribution in [2.24, 2.45) is 0 Å². The highest BCUT2D eigenvalue weighted by Gasteiger charge is 2.06. The Morgan fingerprint density at radius 1 is 1.35 bits per heavy atom. The van der Waals surface area contributed by atoms with E-state index in [4.69, 9.17) is 4.74 Å². The number of aromatic nitrogens is 1. The van der Waals surface area contributed by atoms with Crippen LogP contribution in [0, 0.1) is 0 Å². The number of nitrogens with zero attached hydrogens (tertiary/aromatic N) is 1. The predicted molar refractivity (Wildman–Crippen MR) is 62.8 cm³/mol. The maximum Gasteiger partial charge on any atom is 0.255 e. The molecule has 0 amide bonds. The summed E-state index contributed by atoms with van der Waals surface area (Å²) < 4.78 is 29.4. The van der Waals surface area contributed by atoms with Crippen molar-refractivity contribution < 1.29 is 13.5 Å². The van der Waals surface area contributed by atoms with Crippen molar-refractivity contribution in [2.75, 3.05) is 19.0 Å². The largest absolute Gasteiger partial charge is 0.497 e. The highest BCUT2D eigenvalue weighted by Crippen LogP contribution is 2.25. The fourth-order valence-corrected chi connectivity index (χ4v) is 1.59. The van der Waals surface area contributed by atoms with Crippen LogP contribution in [-0.4, -0.2) is 25.1 Å². The zero-order valence-electron chi connectivity index (χ0n) is 9.28. The van der Waals surface area contributed by atoms with Gasteiger partial charge in [-0.05, 0) is 23.6 Å². The van der Waals surface area contributed by atoms with Crippen molar-refractivity contribution in [2.45, 2.75) is 6.43 Å². The number of halogens is 2. The standard InChI is InChI=1S/C12H12F2N2O/c1-17-9-3-2-8-4-5-15-12(10(8)6-9)16-7-11(13)14/h2-6,11H,7H2,1H3,(H,15,16). The highest BCUT2D eigenvalue weighted by atomic mass is 19.3. The minimum absolute atomic E-state index is 0.413. The van der Waals surface area contributed by atoms with E-state index in [0.717, 1.165) is 10.8 Å². The van der Waals surface area contributed by atoms with Crippen LogP contribution in [0.15, 0.2) is 30.5 Å². The second kappa shape index (κ2) is 4.95. The summed E-state index contributed by atoms with van der Waals surface area (Å²) in [7, 11) is 1.56. The maximum atomic E-state index is 12.2. The van der Waals surface area contributed by atoms with Gasteiger partial charge in [0, 0.05) is 11.6 Å². The third-order valence-electron chi connectivity index (χ3n) is 2.40. The van der Waals surface area contributed by atoms with Crippen LogP contribution in [-0.2, 0) is 0 Å². The molecule has 0 saturated carbocycles. The number of ether oxygens (including phenoxy) is 1. The molecule has 0 unspecified atom stereocenters. The Morgan fingerprint density at radius 3 is 2.88 bits per heavy atom. The second-order valence-corrected chi connectivity index (χ2v) is 3.52. The Kier molecular flexibility index (Phi) is 3.37. The molecule has 1 aromatic carbocycles. The number of hydrogen-bond acceptors (Lipinski definition) is 3. The van der Waals surface area contributed by atoms with Gasteiger partial charge < -0.3 is 10.1 Å². The molecule has 0 radical (unpaired) electrons. The lowest BCUT2D eigenvalue weighted by Crippen LogP contribution is -2.11. The van der Waals surface area contributed by atoms with Crippen LogP contribution in [0.25, 0.3) is 10.8 Å². The first kappa shape index (κ1) is 11.6. The first-order valence-corrected chi connectivity index (χ1v) is 5.15. The molecule has 2 aromatic rings. The fraction of sp³-hybridized carbons (Fsp3) is 0.250. The van der Waals surface area contributed by atoms with Crippen LogP contribution in [0.2, 0.25) is 0 Å².